The van der Waals surface area contributed by atoms with Crippen LogP contribution >= 0.6 is 0 Å². The van der Waals surface area contributed by atoms with E-state index in [4.69, 9.17) is 4.74 Å². The summed E-state index contributed by atoms with van der Waals surface area (Å²) in [6, 6.07) is 12.4. The second-order valence-corrected chi connectivity index (χ2v) is 5.95. The Kier molecular flexibility index (Phi) is 5.30. The zero-order valence-corrected chi connectivity index (χ0v) is 14.5. The van der Waals surface area contributed by atoms with Crippen molar-refractivity contribution in [3.05, 3.63) is 71.2 Å². The molecule has 138 valence electrons. The predicted octanol–water partition coefficient (Wildman–Crippen LogP) is 2.77. The molecule has 27 heavy (non-hydrogen) atoms. The number of benzene rings is 2. The number of halogens is 1. The lowest BCUT2D eigenvalue weighted by Crippen LogP contribution is -2.31. The molecular weight excluding hydrogens is 351 g/mol. The first-order valence-corrected chi connectivity index (χ1v) is 8.25. The third-order valence-corrected chi connectivity index (χ3v) is 4.02. The normalized spacial score (nSPS) is 10.6. The van der Waals surface area contributed by atoms with Crippen LogP contribution in [0.2, 0.25) is 0 Å². The minimum absolute atomic E-state index is 0.0910. The molecule has 0 aliphatic heterocycles. The molecule has 0 unspecified atom stereocenters. The summed E-state index contributed by atoms with van der Waals surface area (Å²) < 4.78 is 18.1. The van der Waals surface area contributed by atoms with Crippen LogP contribution in [-0.4, -0.2) is 35.8 Å². The molecule has 3 aromatic rings. The van der Waals surface area contributed by atoms with Crippen molar-refractivity contribution in [2.45, 2.75) is 6.92 Å². The Morgan fingerprint density at radius 3 is 2.67 bits per heavy atom. The minimum Gasteiger partial charge on any atom is -0.456 e. The number of hydrogen-bond donors (Lipinski definition) is 2. The number of rotatable bonds is 6. The fourth-order valence-electron chi connectivity index (χ4n) is 2.79. The summed E-state index contributed by atoms with van der Waals surface area (Å²) in [6.45, 7) is 0.918. The molecule has 1 aromatic heterocycles. The molecule has 0 bridgehead atoms. The Hall–Kier alpha value is -3.48. The number of aryl methyl sites for hydroxylation is 1. The van der Waals surface area contributed by atoms with Gasteiger partial charge in [0.05, 0.1) is 0 Å². The number of amides is 1. The monoisotopic (exact) mass is 368 g/mol. The number of esters is 1. The van der Waals surface area contributed by atoms with E-state index >= 15 is 0 Å². The lowest BCUT2D eigenvalue weighted by molar-refractivity contribution is -0.141. The Balaban J connectivity index is 1.55. The van der Waals surface area contributed by atoms with E-state index in [1.807, 2.05) is 24.3 Å². The van der Waals surface area contributed by atoms with Crippen LogP contribution in [-0.2, 0) is 9.53 Å². The van der Waals surface area contributed by atoms with Crippen LogP contribution in [0.5, 0.6) is 0 Å². The van der Waals surface area contributed by atoms with Gasteiger partial charge in [-0.2, -0.15) is 0 Å². The summed E-state index contributed by atoms with van der Waals surface area (Å²) in [7, 11) is 0. The number of aromatic nitrogens is 1. The van der Waals surface area contributed by atoms with Crippen LogP contribution in [0.25, 0.3) is 10.9 Å². The lowest BCUT2D eigenvalue weighted by Gasteiger charge is -2.07. The number of ether oxygens (including phenoxy) is 1. The number of carbonyl (C=O) groups excluding carboxylic acids is 3. The molecule has 0 aliphatic rings. The molecule has 0 aliphatic carbocycles. The summed E-state index contributed by atoms with van der Waals surface area (Å²) in [5.41, 5.74) is 2.08. The van der Waals surface area contributed by atoms with E-state index in [2.05, 4.69) is 10.3 Å². The van der Waals surface area contributed by atoms with Gasteiger partial charge in [0.2, 0.25) is 5.78 Å². The highest BCUT2D eigenvalue weighted by Crippen LogP contribution is 2.22. The minimum atomic E-state index is -0.759. The highest BCUT2D eigenvalue weighted by molar-refractivity contribution is 6.10. The fraction of sp³-hybridized carbons (Fsp3) is 0.150. The van der Waals surface area contributed by atoms with Gasteiger partial charge in [-0.25, -0.2) is 4.39 Å². The van der Waals surface area contributed by atoms with E-state index in [1.165, 1.54) is 18.2 Å². The van der Waals surface area contributed by atoms with Gasteiger partial charge in [0.25, 0.3) is 5.91 Å². The van der Waals surface area contributed by atoms with E-state index in [1.54, 1.807) is 6.92 Å². The average Bonchev–Trinajstić information content (AvgIpc) is 2.99. The molecule has 2 aromatic carbocycles. The molecule has 1 amide bonds. The molecule has 2 N–H and O–H groups in total. The van der Waals surface area contributed by atoms with Gasteiger partial charge in [-0.1, -0.05) is 24.3 Å². The van der Waals surface area contributed by atoms with Crippen LogP contribution in [0, 0.1) is 12.7 Å². The molecule has 0 fully saturated rings. The number of Topliss-reactive ketones (excluding diaryl/α,β-unsaturated/α-hetero) is 1. The van der Waals surface area contributed by atoms with Crippen molar-refractivity contribution in [2.24, 2.45) is 0 Å². The first-order chi connectivity index (χ1) is 13.0. The zero-order chi connectivity index (χ0) is 19.4. The molecule has 3 rings (SSSR count). The first-order valence-electron chi connectivity index (χ1n) is 8.25. The number of carbonyl (C=O) groups is 3. The van der Waals surface area contributed by atoms with Crippen LogP contribution in [0.3, 0.4) is 0 Å². The standard InChI is InChI=1S/C20H17FN2O4/c1-12-19(15-7-2-3-8-16(15)23-12)17(24)11-27-18(25)10-22-20(26)13-5-4-6-14(21)9-13/h2-9,23H,10-11H2,1H3,(H,22,26). The number of aromatic amines is 1. The Morgan fingerprint density at radius 1 is 1.11 bits per heavy atom. The van der Waals surface area contributed by atoms with Crippen LogP contribution in [0.1, 0.15) is 26.4 Å². The first kappa shape index (κ1) is 18.3. The predicted molar refractivity (Wildman–Crippen MR) is 97.1 cm³/mol. The van der Waals surface area contributed by atoms with Gasteiger partial charge in [-0.3, -0.25) is 14.4 Å². The van der Waals surface area contributed by atoms with Crippen molar-refractivity contribution >= 4 is 28.6 Å². The lowest BCUT2D eigenvalue weighted by atomic mass is 10.1. The number of fused-ring (bicyclic) bond motifs is 1. The van der Waals surface area contributed by atoms with Gasteiger partial charge in [-0.15, -0.1) is 0 Å². The van der Waals surface area contributed by atoms with Crippen molar-refractivity contribution in [2.75, 3.05) is 13.2 Å². The molecule has 0 saturated carbocycles. The number of H-pyrrole nitrogens is 1. The van der Waals surface area contributed by atoms with Crippen molar-refractivity contribution in [3.8, 4) is 0 Å². The topological polar surface area (TPSA) is 88.3 Å². The van der Waals surface area contributed by atoms with Crippen molar-refractivity contribution in [1.29, 1.82) is 0 Å². The third-order valence-electron chi connectivity index (χ3n) is 4.02. The molecule has 7 heteroatoms. The fourth-order valence-corrected chi connectivity index (χ4v) is 2.79. The zero-order valence-electron chi connectivity index (χ0n) is 14.5. The Labute approximate surface area is 154 Å². The van der Waals surface area contributed by atoms with Gasteiger partial charge in [-0.05, 0) is 31.2 Å². The molecular formula is C20H17FN2O4. The Bertz CT molecular complexity index is 1030. The van der Waals surface area contributed by atoms with Crippen LogP contribution in [0.15, 0.2) is 48.5 Å². The largest absolute Gasteiger partial charge is 0.456 e. The maximum atomic E-state index is 13.1. The van der Waals surface area contributed by atoms with Crippen molar-refractivity contribution < 1.29 is 23.5 Å². The maximum absolute atomic E-state index is 13.1. The number of ketones is 1. The quantitative estimate of drug-likeness (QED) is 0.517. The molecule has 0 atom stereocenters. The highest BCUT2D eigenvalue weighted by atomic mass is 19.1. The maximum Gasteiger partial charge on any atom is 0.325 e. The number of hydrogen-bond acceptors (Lipinski definition) is 4. The average molecular weight is 368 g/mol. The van der Waals surface area contributed by atoms with Gasteiger partial charge < -0.3 is 15.0 Å². The van der Waals surface area contributed by atoms with Crippen LogP contribution < -0.4 is 5.32 Å². The molecule has 0 saturated heterocycles. The van der Waals surface area contributed by atoms with Gasteiger partial charge in [0, 0.05) is 27.7 Å². The van der Waals surface area contributed by atoms with Gasteiger partial charge in [0.1, 0.15) is 12.4 Å². The number of para-hydroxylation sites is 1. The van der Waals surface area contributed by atoms with Crippen molar-refractivity contribution in [3.63, 3.8) is 0 Å². The van der Waals surface area contributed by atoms with E-state index in [-0.39, 0.29) is 11.3 Å². The second kappa shape index (κ2) is 7.82. The molecule has 0 spiro atoms. The SMILES string of the molecule is Cc1[nH]c2ccccc2c1C(=O)COC(=O)CNC(=O)c1cccc(F)c1. The summed E-state index contributed by atoms with van der Waals surface area (Å²) in [4.78, 5) is 39.2. The summed E-state index contributed by atoms with van der Waals surface area (Å²) in [6.07, 6.45) is 0. The second-order valence-electron chi connectivity index (χ2n) is 5.95. The van der Waals surface area contributed by atoms with Gasteiger partial charge in [0.15, 0.2) is 6.61 Å². The molecule has 6 nitrogen and oxygen atoms in total. The summed E-state index contributed by atoms with van der Waals surface area (Å²) >= 11 is 0. The smallest absolute Gasteiger partial charge is 0.325 e. The Morgan fingerprint density at radius 2 is 1.89 bits per heavy atom. The third kappa shape index (κ3) is 4.20. The van der Waals surface area contributed by atoms with Crippen molar-refractivity contribution in [1.82, 2.24) is 10.3 Å². The van der Waals surface area contributed by atoms with Gasteiger partial charge >= 0.3 is 5.97 Å². The number of nitrogens with one attached hydrogen (secondary N) is 2. The molecule has 1 heterocycles. The highest BCUT2D eigenvalue weighted by Gasteiger charge is 2.18. The van der Waals surface area contributed by atoms with Crippen LogP contribution in [0.4, 0.5) is 4.39 Å². The summed E-state index contributed by atoms with van der Waals surface area (Å²) in [5, 5.41) is 3.09. The molecule has 0 radical (unpaired) electrons. The van der Waals surface area contributed by atoms with E-state index in [0.29, 0.717) is 11.3 Å². The van der Waals surface area contributed by atoms with E-state index in [9.17, 15) is 18.8 Å². The van der Waals surface area contributed by atoms with E-state index in [0.717, 1.165) is 17.0 Å². The summed E-state index contributed by atoms with van der Waals surface area (Å²) in [5.74, 6) is -2.25. The van der Waals surface area contributed by atoms with E-state index < -0.39 is 30.8 Å².